The van der Waals surface area contributed by atoms with Gasteiger partial charge in [-0.1, -0.05) is 12.1 Å². The van der Waals surface area contributed by atoms with Crippen molar-refractivity contribution in [2.45, 2.75) is 19.8 Å². The van der Waals surface area contributed by atoms with Gasteiger partial charge in [0, 0.05) is 17.5 Å². The molecule has 0 saturated heterocycles. The summed E-state index contributed by atoms with van der Waals surface area (Å²) in [4.78, 5) is 16.9. The Balaban J connectivity index is 1.41. The van der Waals surface area contributed by atoms with Crippen LogP contribution in [-0.4, -0.2) is 31.1 Å². The molecule has 2 aromatic carbocycles. The molecule has 0 unspecified atom stereocenters. The average molecular weight is 426 g/mol. The predicted octanol–water partition coefficient (Wildman–Crippen LogP) is 3.48. The molecule has 0 radical (unpaired) electrons. The van der Waals surface area contributed by atoms with Crippen LogP contribution in [0.15, 0.2) is 47.8 Å². The molecule has 7 nitrogen and oxygen atoms in total. The Hall–Kier alpha value is -3.53. The van der Waals surface area contributed by atoms with Gasteiger partial charge in [-0.05, 0) is 53.2 Å². The number of benzene rings is 2. The highest BCUT2D eigenvalue weighted by atomic mass is 32.1. The number of halogens is 2. The fraction of sp³-hybridized carbons (Fsp3) is 0.150. The van der Waals surface area contributed by atoms with Crippen LogP contribution < -0.4 is 5.32 Å². The third-order valence-corrected chi connectivity index (χ3v) is 5.19. The van der Waals surface area contributed by atoms with Gasteiger partial charge in [-0.25, -0.2) is 13.8 Å². The first-order chi connectivity index (χ1) is 14.5. The Bertz CT molecular complexity index is 1190. The SMILES string of the molecule is Cc1nnnn1-c1cc(NC(=O)Cc2csc(Cc3ccc(F)cc3)n2)ccc1F. The standard InChI is InChI=1S/C20H16F2N6OS/c1-12-25-26-27-28(12)18-9-15(6-7-17(18)22)23-19(29)10-16-11-30-20(24-16)8-13-2-4-14(21)5-3-13/h2-7,9,11H,8,10H2,1H3,(H,23,29). The van der Waals surface area contributed by atoms with Crippen LogP contribution in [0.5, 0.6) is 0 Å². The van der Waals surface area contributed by atoms with Crippen LogP contribution in [0.1, 0.15) is 22.1 Å². The molecule has 0 bridgehead atoms. The largest absolute Gasteiger partial charge is 0.326 e. The van der Waals surface area contributed by atoms with E-state index in [4.69, 9.17) is 0 Å². The van der Waals surface area contributed by atoms with Gasteiger partial charge >= 0.3 is 0 Å². The van der Waals surface area contributed by atoms with Crippen molar-refractivity contribution in [1.82, 2.24) is 25.2 Å². The summed E-state index contributed by atoms with van der Waals surface area (Å²) in [6, 6.07) is 10.4. The van der Waals surface area contributed by atoms with E-state index in [-0.39, 0.29) is 23.8 Å². The minimum atomic E-state index is -0.506. The van der Waals surface area contributed by atoms with Gasteiger partial charge in [-0.15, -0.1) is 16.4 Å². The number of thiazole rings is 1. The van der Waals surface area contributed by atoms with E-state index in [0.29, 0.717) is 23.6 Å². The summed E-state index contributed by atoms with van der Waals surface area (Å²) in [7, 11) is 0. The van der Waals surface area contributed by atoms with E-state index in [1.165, 1.54) is 46.4 Å². The molecule has 0 aliphatic carbocycles. The van der Waals surface area contributed by atoms with Crippen molar-refractivity contribution in [2.75, 3.05) is 5.32 Å². The molecule has 2 heterocycles. The fourth-order valence-corrected chi connectivity index (χ4v) is 3.69. The summed E-state index contributed by atoms with van der Waals surface area (Å²) in [5, 5.41) is 16.4. The lowest BCUT2D eigenvalue weighted by atomic mass is 10.1. The van der Waals surface area contributed by atoms with Crippen LogP contribution in [0.3, 0.4) is 0 Å². The Morgan fingerprint density at radius 3 is 2.70 bits per heavy atom. The first-order valence-electron chi connectivity index (χ1n) is 9.00. The lowest BCUT2D eigenvalue weighted by Gasteiger charge is -2.08. The van der Waals surface area contributed by atoms with Gasteiger partial charge in [0.2, 0.25) is 5.91 Å². The minimum absolute atomic E-state index is 0.0799. The number of nitrogens with one attached hydrogen (secondary N) is 1. The zero-order valence-electron chi connectivity index (χ0n) is 15.8. The number of hydrogen-bond donors (Lipinski definition) is 1. The summed E-state index contributed by atoms with van der Waals surface area (Å²) in [6.07, 6.45) is 0.649. The number of amides is 1. The first kappa shape index (κ1) is 19.8. The number of aromatic nitrogens is 5. The monoisotopic (exact) mass is 426 g/mol. The number of hydrogen-bond acceptors (Lipinski definition) is 6. The van der Waals surface area contributed by atoms with Crippen molar-refractivity contribution in [3.8, 4) is 5.69 Å². The molecule has 4 rings (SSSR count). The number of aryl methyl sites for hydroxylation is 1. The Morgan fingerprint density at radius 2 is 1.97 bits per heavy atom. The minimum Gasteiger partial charge on any atom is -0.326 e. The van der Waals surface area contributed by atoms with Crippen LogP contribution in [-0.2, 0) is 17.6 Å². The summed E-state index contributed by atoms with van der Waals surface area (Å²) in [5.74, 6) is -0.643. The number of carbonyl (C=O) groups is 1. The van der Waals surface area contributed by atoms with Crippen LogP contribution in [0.25, 0.3) is 5.69 Å². The van der Waals surface area contributed by atoms with Gasteiger partial charge in [0.1, 0.15) is 17.3 Å². The van der Waals surface area contributed by atoms with Gasteiger partial charge in [-0.3, -0.25) is 4.79 Å². The first-order valence-corrected chi connectivity index (χ1v) is 9.88. The molecule has 0 aliphatic rings. The predicted molar refractivity (Wildman–Crippen MR) is 108 cm³/mol. The normalized spacial score (nSPS) is 10.9. The molecule has 4 aromatic rings. The van der Waals surface area contributed by atoms with Gasteiger partial charge < -0.3 is 5.32 Å². The Morgan fingerprint density at radius 1 is 1.17 bits per heavy atom. The van der Waals surface area contributed by atoms with Crippen molar-refractivity contribution >= 4 is 22.9 Å². The van der Waals surface area contributed by atoms with E-state index in [1.54, 1.807) is 19.1 Å². The quantitative estimate of drug-likeness (QED) is 0.510. The van der Waals surface area contributed by atoms with E-state index in [9.17, 15) is 13.6 Å². The Kier molecular flexibility index (Phi) is 5.57. The van der Waals surface area contributed by atoms with Gasteiger partial charge in [0.05, 0.1) is 17.1 Å². The molecule has 0 aliphatic heterocycles. The zero-order valence-corrected chi connectivity index (χ0v) is 16.7. The van der Waals surface area contributed by atoms with Crippen LogP contribution in [0.2, 0.25) is 0 Å². The fourth-order valence-electron chi connectivity index (χ4n) is 2.86. The molecule has 1 amide bonds. The second-order valence-electron chi connectivity index (χ2n) is 6.56. The van der Waals surface area contributed by atoms with E-state index in [2.05, 4.69) is 25.8 Å². The second-order valence-corrected chi connectivity index (χ2v) is 7.51. The lowest BCUT2D eigenvalue weighted by Crippen LogP contribution is -2.15. The third-order valence-electron chi connectivity index (χ3n) is 4.29. The van der Waals surface area contributed by atoms with E-state index >= 15 is 0 Å². The van der Waals surface area contributed by atoms with Crippen molar-refractivity contribution < 1.29 is 13.6 Å². The van der Waals surface area contributed by atoms with Crippen LogP contribution in [0.4, 0.5) is 14.5 Å². The summed E-state index contributed by atoms with van der Waals surface area (Å²) < 4.78 is 28.4. The maximum atomic E-state index is 14.1. The summed E-state index contributed by atoms with van der Waals surface area (Å²) in [6.45, 7) is 1.65. The molecule has 30 heavy (non-hydrogen) atoms. The zero-order chi connectivity index (χ0) is 21.1. The van der Waals surface area contributed by atoms with E-state index < -0.39 is 5.82 Å². The molecule has 0 atom stereocenters. The Labute approximate surface area is 174 Å². The van der Waals surface area contributed by atoms with Crippen molar-refractivity contribution in [2.24, 2.45) is 0 Å². The van der Waals surface area contributed by atoms with E-state index in [0.717, 1.165) is 10.6 Å². The maximum Gasteiger partial charge on any atom is 0.230 e. The van der Waals surface area contributed by atoms with E-state index in [1.807, 2.05) is 5.38 Å². The molecule has 0 saturated carbocycles. The molecule has 0 spiro atoms. The molecule has 2 aromatic heterocycles. The molecule has 152 valence electrons. The van der Waals surface area contributed by atoms with Gasteiger partial charge in [0.25, 0.3) is 0 Å². The summed E-state index contributed by atoms with van der Waals surface area (Å²) in [5.41, 5.74) is 2.14. The van der Waals surface area contributed by atoms with Gasteiger partial charge in [0.15, 0.2) is 5.82 Å². The van der Waals surface area contributed by atoms with Crippen LogP contribution in [0, 0.1) is 18.6 Å². The topological polar surface area (TPSA) is 85.6 Å². The van der Waals surface area contributed by atoms with Crippen molar-refractivity contribution in [3.05, 3.63) is 81.6 Å². The molecule has 0 fully saturated rings. The third kappa shape index (κ3) is 4.54. The van der Waals surface area contributed by atoms with Gasteiger partial charge in [-0.2, -0.15) is 4.68 Å². The van der Waals surface area contributed by atoms with Crippen molar-refractivity contribution in [3.63, 3.8) is 0 Å². The molecular formula is C20H16F2N6OS. The number of carbonyl (C=O) groups excluding carboxylic acids is 1. The molecule has 10 heteroatoms. The maximum absolute atomic E-state index is 14.1. The number of anilines is 1. The van der Waals surface area contributed by atoms with Crippen LogP contribution >= 0.6 is 11.3 Å². The highest BCUT2D eigenvalue weighted by Gasteiger charge is 2.13. The highest BCUT2D eigenvalue weighted by Crippen LogP contribution is 2.20. The average Bonchev–Trinajstić information content (AvgIpc) is 3.34. The highest BCUT2D eigenvalue weighted by molar-refractivity contribution is 7.09. The summed E-state index contributed by atoms with van der Waals surface area (Å²) >= 11 is 1.44. The molecule has 1 N–H and O–H groups in total. The molecular weight excluding hydrogens is 410 g/mol. The van der Waals surface area contributed by atoms with Crippen molar-refractivity contribution in [1.29, 1.82) is 0 Å². The second kappa shape index (κ2) is 8.46. The number of rotatable bonds is 6. The number of tetrazole rings is 1. The lowest BCUT2D eigenvalue weighted by molar-refractivity contribution is -0.115. The smallest absolute Gasteiger partial charge is 0.230 e. The number of nitrogens with zero attached hydrogens (tertiary/aromatic N) is 5.